The van der Waals surface area contributed by atoms with Gasteiger partial charge in [0, 0.05) is 30.6 Å². The third-order valence-corrected chi connectivity index (χ3v) is 8.77. The zero-order chi connectivity index (χ0) is 26.4. The van der Waals surface area contributed by atoms with Crippen LogP contribution < -0.4 is 16.0 Å². The van der Waals surface area contributed by atoms with Gasteiger partial charge in [-0.15, -0.1) is 0 Å². The van der Waals surface area contributed by atoms with Crippen molar-refractivity contribution in [3.05, 3.63) is 64.6 Å². The highest BCUT2D eigenvalue weighted by Crippen LogP contribution is 2.63. The van der Waals surface area contributed by atoms with Crippen molar-refractivity contribution >= 4 is 40.2 Å². The highest BCUT2D eigenvalue weighted by molar-refractivity contribution is 6.36. The molecule has 0 spiro atoms. The van der Waals surface area contributed by atoms with E-state index < -0.39 is 17.4 Å². The molecule has 0 radical (unpaired) electrons. The van der Waals surface area contributed by atoms with E-state index >= 15 is 0 Å². The van der Waals surface area contributed by atoms with E-state index in [1.54, 1.807) is 12.3 Å². The summed E-state index contributed by atoms with van der Waals surface area (Å²) in [6.45, 7) is 1.73. The summed E-state index contributed by atoms with van der Waals surface area (Å²) < 4.78 is 43.6. The molecule has 1 aliphatic carbocycles. The molecule has 8 nitrogen and oxygen atoms in total. The Labute approximate surface area is 219 Å². The van der Waals surface area contributed by atoms with Crippen molar-refractivity contribution in [2.75, 3.05) is 29.9 Å². The number of anilines is 2. The van der Waals surface area contributed by atoms with Crippen LogP contribution in [0.5, 0.6) is 0 Å². The van der Waals surface area contributed by atoms with Crippen LogP contribution in [-0.2, 0) is 16.1 Å². The van der Waals surface area contributed by atoms with Gasteiger partial charge in [-0.05, 0) is 42.0 Å². The number of H-pyrrole nitrogens is 1. The number of benzene rings is 2. The second kappa shape index (κ2) is 7.90. The van der Waals surface area contributed by atoms with E-state index in [4.69, 9.17) is 17.3 Å². The van der Waals surface area contributed by atoms with Crippen LogP contribution in [0.3, 0.4) is 0 Å². The van der Waals surface area contributed by atoms with Crippen LogP contribution in [0, 0.1) is 17.7 Å². The summed E-state index contributed by atoms with van der Waals surface area (Å²) in [6.07, 6.45) is 2.45. The van der Waals surface area contributed by atoms with Crippen molar-refractivity contribution in [3.8, 4) is 11.3 Å². The largest absolute Gasteiger partial charge is 0.355 e. The molecular weight excluding hydrogens is 519 g/mol. The zero-order valence-corrected chi connectivity index (χ0v) is 20.6. The van der Waals surface area contributed by atoms with Gasteiger partial charge in [0.25, 0.3) is 5.91 Å². The van der Waals surface area contributed by atoms with Gasteiger partial charge >= 0.3 is 5.92 Å². The first-order chi connectivity index (χ1) is 18.3. The third-order valence-electron chi connectivity index (χ3n) is 8.37. The van der Waals surface area contributed by atoms with Crippen LogP contribution in [-0.4, -0.2) is 45.7 Å². The first-order valence-corrected chi connectivity index (χ1v) is 12.6. The van der Waals surface area contributed by atoms with E-state index in [0.717, 1.165) is 6.42 Å². The number of piperidine rings is 1. The van der Waals surface area contributed by atoms with Crippen LogP contribution in [0.1, 0.15) is 17.5 Å². The molecule has 1 amide bonds. The lowest BCUT2D eigenvalue weighted by Gasteiger charge is -2.26. The fourth-order valence-electron chi connectivity index (χ4n) is 6.46. The second-order valence-electron chi connectivity index (χ2n) is 10.0. The maximum atomic E-state index is 14.7. The number of amides is 1. The van der Waals surface area contributed by atoms with Gasteiger partial charge in [-0.25, -0.2) is 14.4 Å². The van der Waals surface area contributed by atoms with Crippen molar-refractivity contribution in [1.82, 2.24) is 20.2 Å². The molecule has 1 saturated carbocycles. The zero-order valence-electron chi connectivity index (χ0n) is 19.8. The normalized spacial score (nSPS) is 25.3. The van der Waals surface area contributed by atoms with E-state index in [-0.39, 0.29) is 33.4 Å². The molecule has 1 saturated heterocycles. The number of halogens is 4. The van der Waals surface area contributed by atoms with Crippen LogP contribution in [0.15, 0.2) is 42.6 Å². The molecule has 0 bridgehead atoms. The molecule has 7 rings (SSSR count). The van der Waals surface area contributed by atoms with Crippen LogP contribution in [0.4, 0.5) is 24.7 Å². The molecule has 2 aromatic heterocycles. The molecule has 0 unspecified atom stereocenters. The minimum Gasteiger partial charge on any atom is -0.355 e. The van der Waals surface area contributed by atoms with Crippen LogP contribution in [0.2, 0.25) is 5.02 Å². The number of nitrogens with two attached hydrogens (primary N) is 1. The van der Waals surface area contributed by atoms with Gasteiger partial charge in [-0.2, -0.15) is 13.9 Å². The van der Waals surface area contributed by atoms with Crippen molar-refractivity contribution in [2.24, 2.45) is 17.6 Å². The summed E-state index contributed by atoms with van der Waals surface area (Å²) in [7, 11) is 0. The maximum absolute atomic E-state index is 14.7. The predicted octanol–water partition coefficient (Wildman–Crippen LogP) is 4.21. The van der Waals surface area contributed by atoms with Gasteiger partial charge in [0.1, 0.15) is 17.2 Å². The number of aromatic amines is 1. The van der Waals surface area contributed by atoms with Crippen molar-refractivity contribution in [2.45, 2.75) is 17.8 Å². The highest BCUT2D eigenvalue weighted by Gasteiger charge is 2.66. The summed E-state index contributed by atoms with van der Waals surface area (Å²) in [5.41, 5.74) is 7.11. The van der Waals surface area contributed by atoms with E-state index in [9.17, 15) is 18.0 Å². The van der Waals surface area contributed by atoms with Gasteiger partial charge in [0.15, 0.2) is 0 Å². The Kier molecular flexibility index (Phi) is 4.87. The van der Waals surface area contributed by atoms with Gasteiger partial charge in [0.05, 0.1) is 28.2 Å². The lowest BCUT2D eigenvalue weighted by molar-refractivity contribution is -0.139. The predicted molar refractivity (Wildman–Crippen MR) is 136 cm³/mol. The van der Waals surface area contributed by atoms with Crippen LogP contribution >= 0.6 is 11.6 Å². The second-order valence-corrected chi connectivity index (χ2v) is 10.4. The number of fused-ring (bicyclic) bond motifs is 3. The standard InChI is InChI=1S/C26H21ClF3N7O/c27-20-12(5-6-17-19(20)26(29,30)24(38)33-17)21-22-23(36-35-21)34-18(9-32-22)37-8-7-13-15(10-37)25(13,11-31)14-3-1-2-4-16(14)28/h1-6,9,13,15H,7-8,10-11,31H2,(H,33,38)(H,34,35,36)/t13-,15+,25-/m1/s1. The summed E-state index contributed by atoms with van der Waals surface area (Å²) in [6, 6.07) is 9.73. The Balaban J connectivity index is 1.20. The molecule has 12 heteroatoms. The van der Waals surface area contributed by atoms with Gasteiger partial charge in [-0.3, -0.25) is 9.89 Å². The number of carbonyl (C=O) groups is 1. The first-order valence-electron chi connectivity index (χ1n) is 12.2. The van der Waals surface area contributed by atoms with Crippen LogP contribution in [0.25, 0.3) is 22.4 Å². The molecule has 2 fully saturated rings. The summed E-state index contributed by atoms with van der Waals surface area (Å²) >= 11 is 6.36. The topological polar surface area (TPSA) is 113 Å². The Bertz CT molecular complexity index is 1640. The van der Waals surface area contributed by atoms with Crippen molar-refractivity contribution < 1.29 is 18.0 Å². The molecule has 4 aromatic rings. The number of rotatable bonds is 4. The monoisotopic (exact) mass is 539 g/mol. The van der Waals surface area contributed by atoms with E-state index in [2.05, 4.69) is 30.4 Å². The number of nitrogens with zero attached hydrogens (tertiary/aromatic N) is 4. The molecule has 2 aliphatic heterocycles. The number of hydrogen-bond donors (Lipinski definition) is 3. The molecule has 38 heavy (non-hydrogen) atoms. The first kappa shape index (κ1) is 23.4. The Morgan fingerprint density at radius 2 is 2.00 bits per heavy atom. The minimum absolute atomic E-state index is 0.0293. The number of nitrogens with one attached hydrogen (secondary N) is 2. The molecule has 2 aromatic carbocycles. The molecule has 194 valence electrons. The van der Waals surface area contributed by atoms with E-state index in [0.29, 0.717) is 53.8 Å². The summed E-state index contributed by atoms with van der Waals surface area (Å²) in [5, 5.41) is 8.95. The minimum atomic E-state index is -3.74. The van der Waals surface area contributed by atoms with Gasteiger partial charge in [-0.1, -0.05) is 29.8 Å². The highest BCUT2D eigenvalue weighted by atomic mass is 35.5. The smallest absolute Gasteiger partial charge is 0.353 e. The SMILES string of the molecule is NC[C@]1(c2ccccc2F)[C@@H]2CCN(c3cnc4c(-c5ccc6c(c5Cl)C(F)(F)C(=O)N6)[nH]nc4n3)C[C@@H]21. The molecule has 3 atom stereocenters. The quantitative estimate of drug-likeness (QED) is 0.358. The summed E-state index contributed by atoms with van der Waals surface area (Å²) in [4.78, 5) is 23.0. The van der Waals surface area contributed by atoms with Gasteiger partial charge in [0.2, 0.25) is 5.65 Å². The Morgan fingerprint density at radius 1 is 1.18 bits per heavy atom. The number of hydrogen-bond acceptors (Lipinski definition) is 6. The Hall–Kier alpha value is -3.70. The van der Waals surface area contributed by atoms with E-state index in [1.165, 1.54) is 18.2 Å². The average Bonchev–Trinajstić information content (AvgIpc) is 3.24. The molecule has 4 heterocycles. The van der Waals surface area contributed by atoms with Crippen molar-refractivity contribution in [3.63, 3.8) is 0 Å². The molecule has 4 N–H and O–H groups in total. The average molecular weight is 540 g/mol. The number of alkyl halides is 2. The third kappa shape index (κ3) is 3.02. The fraction of sp³-hybridized carbons (Fsp3) is 0.308. The number of carbonyl (C=O) groups excluding carboxylic acids is 1. The Morgan fingerprint density at radius 3 is 2.79 bits per heavy atom. The number of aromatic nitrogens is 4. The summed E-state index contributed by atoms with van der Waals surface area (Å²) in [5.74, 6) is -4.29. The van der Waals surface area contributed by atoms with E-state index in [1.807, 2.05) is 12.1 Å². The maximum Gasteiger partial charge on any atom is 0.353 e. The lowest BCUT2D eigenvalue weighted by atomic mass is 9.91. The van der Waals surface area contributed by atoms with Crippen molar-refractivity contribution in [1.29, 1.82) is 0 Å². The molecule has 3 aliphatic rings. The fourth-order valence-corrected chi connectivity index (χ4v) is 6.84. The van der Waals surface area contributed by atoms with Gasteiger partial charge < -0.3 is 16.0 Å². The lowest BCUT2D eigenvalue weighted by Crippen LogP contribution is -2.32. The molecular formula is C26H21ClF3N7O.